The molecule has 0 radical (unpaired) electrons. The molecule has 3 heterocycles. The van der Waals surface area contributed by atoms with Crippen LogP contribution in [-0.2, 0) is 18.6 Å². The van der Waals surface area contributed by atoms with Crippen LogP contribution in [0.25, 0.3) is 11.4 Å². The summed E-state index contributed by atoms with van der Waals surface area (Å²) >= 11 is 7.48. The highest BCUT2D eigenvalue weighted by molar-refractivity contribution is 7.71. The van der Waals surface area contributed by atoms with Gasteiger partial charge in [-0.15, -0.1) is 11.3 Å². The molecule has 2 aromatic heterocycles. The van der Waals surface area contributed by atoms with E-state index in [0.717, 1.165) is 60.7 Å². The van der Waals surface area contributed by atoms with Crippen LogP contribution in [0.15, 0.2) is 35.8 Å². The van der Waals surface area contributed by atoms with E-state index in [4.69, 9.17) is 17.3 Å². The quantitative estimate of drug-likeness (QED) is 0.539. The molecule has 1 fully saturated rings. The van der Waals surface area contributed by atoms with Crippen molar-refractivity contribution in [1.82, 2.24) is 24.2 Å². The van der Waals surface area contributed by atoms with Gasteiger partial charge in [0.05, 0.1) is 6.67 Å². The third-order valence-electron chi connectivity index (χ3n) is 5.64. The highest BCUT2D eigenvalue weighted by Gasteiger charge is 2.21. The second-order valence-electron chi connectivity index (χ2n) is 8.74. The maximum absolute atomic E-state index is 5.77. The van der Waals surface area contributed by atoms with E-state index in [1.54, 1.807) is 11.3 Å². The molecule has 30 heavy (non-hydrogen) atoms. The summed E-state index contributed by atoms with van der Waals surface area (Å²) in [5.74, 6) is 0.949. The van der Waals surface area contributed by atoms with E-state index in [-0.39, 0.29) is 5.41 Å². The minimum atomic E-state index is 0.141. The SMILES string of the molecule is CCn1c(-c2ccc(C(C)(C)C)cc2)nn(CN2CCN(c3nccs3)CC2)c1=S. The van der Waals surface area contributed by atoms with E-state index in [2.05, 4.69) is 71.3 Å². The van der Waals surface area contributed by atoms with E-state index in [0.29, 0.717) is 0 Å². The highest BCUT2D eigenvalue weighted by atomic mass is 32.1. The molecule has 0 unspecified atom stereocenters. The Hall–Kier alpha value is -2.03. The van der Waals surface area contributed by atoms with Gasteiger partial charge in [0.25, 0.3) is 0 Å². The third-order valence-corrected chi connectivity index (χ3v) is 6.91. The van der Waals surface area contributed by atoms with Gasteiger partial charge in [0, 0.05) is 49.9 Å². The van der Waals surface area contributed by atoms with E-state index < -0.39 is 0 Å². The van der Waals surface area contributed by atoms with Crippen molar-refractivity contribution in [3.8, 4) is 11.4 Å². The lowest BCUT2D eigenvalue weighted by Gasteiger charge is -2.34. The number of thiazole rings is 1. The number of hydrogen-bond acceptors (Lipinski definition) is 6. The Labute approximate surface area is 187 Å². The summed E-state index contributed by atoms with van der Waals surface area (Å²) in [6.07, 6.45) is 1.87. The number of nitrogens with zero attached hydrogens (tertiary/aromatic N) is 6. The zero-order chi connectivity index (χ0) is 21.3. The molecule has 1 aliphatic rings. The maximum atomic E-state index is 5.77. The molecular weight excluding hydrogens is 412 g/mol. The molecule has 0 spiro atoms. The van der Waals surface area contributed by atoms with Crippen molar-refractivity contribution in [3.63, 3.8) is 0 Å². The van der Waals surface area contributed by atoms with E-state index in [9.17, 15) is 0 Å². The Bertz CT molecular complexity index is 1020. The molecule has 0 amide bonds. The average molecular weight is 443 g/mol. The molecule has 6 nitrogen and oxygen atoms in total. The Kier molecular flexibility index (Phi) is 6.09. The lowest BCUT2D eigenvalue weighted by Crippen LogP contribution is -2.46. The van der Waals surface area contributed by atoms with Crippen molar-refractivity contribution in [1.29, 1.82) is 0 Å². The molecule has 0 atom stereocenters. The minimum Gasteiger partial charge on any atom is -0.346 e. The normalized spacial score (nSPS) is 15.7. The number of anilines is 1. The van der Waals surface area contributed by atoms with Crippen LogP contribution in [0.4, 0.5) is 5.13 Å². The van der Waals surface area contributed by atoms with Gasteiger partial charge in [-0.2, -0.15) is 5.10 Å². The molecule has 8 heteroatoms. The fraction of sp³-hybridized carbons (Fsp3) is 0.500. The molecule has 3 aromatic rings. The van der Waals surface area contributed by atoms with Crippen molar-refractivity contribution >= 4 is 28.7 Å². The smallest absolute Gasteiger partial charge is 0.199 e. The Morgan fingerprint density at radius 2 is 1.77 bits per heavy atom. The average Bonchev–Trinajstić information content (AvgIpc) is 3.37. The highest BCUT2D eigenvalue weighted by Crippen LogP contribution is 2.26. The van der Waals surface area contributed by atoms with Gasteiger partial charge in [-0.3, -0.25) is 4.90 Å². The zero-order valence-electron chi connectivity index (χ0n) is 18.2. The standard InChI is InChI=1S/C22H30N6S2/c1-5-27-19(17-6-8-18(9-7-17)22(2,3)4)24-28(21(27)29)16-25-11-13-26(14-12-25)20-23-10-15-30-20/h6-10,15H,5,11-14,16H2,1-4H3. The van der Waals surface area contributed by atoms with Crippen LogP contribution in [0.1, 0.15) is 33.3 Å². The van der Waals surface area contributed by atoms with Gasteiger partial charge < -0.3 is 9.47 Å². The summed E-state index contributed by atoms with van der Waals surface area (Å²) in [5, 5.41) is 8.06. The van der Waals surface area contributed by atoms with Gasteiger partial charge in [0.1, 0.15) is 0 Å². The molecule has 1 aromatic carbocycles. The summed E-state index contributed by atoms with van der Waals surface area (Å²) in [6.45, 7) is 14.3. The molecule has 160 valence electrons. The first-order valence-electron chi connectivity index (χ1n) is 10.5. The number of hydrogen-bond donors (Lipinski definition) is 0. The predicted octanol–water partition coefficient (Wildman–Crippen LogP) is 4.63. The summed E-state index contributed by atoms with van der Waals surface area (Å²) in [5.41, 5.74) is 2.58. The Balaban J connectivity index is 1.50. The van der Waals surface area contributed by atoms with Gasteiger partial charge in [-0.05, 0) is 30.1 Å². The first-order chi connectivity index (χ1) is 14.4. The summed E-state index contributed by atoms with van der Waals surface area (Å²) in [6, 6.07) is 8.74. The lowest BCUT2D eigenvalue weighted by atomic mass is 9.87. The van der Waals surface area contributed by atoms with E-state index in [1.165, 1.54) is 5.56 Å². The molecular formula is C22H30N6S2. The number of piperazine rings is 1. The van der Waals surface area contributed by atoms with Crippen LogP contribution in [0.2, 0.25) is 0 Å². The van der Waals surface area contributed by atoms with Gasteiger partial charge in [-0.25, -0.2) is 9.67 Å². The molecule has 0 bridgehead atoms. The van der Waals surface area contributed by atoms with Gasteiger partial charge in [0.15, 0.2) is 15.7 Å². The summed E-state index contributed by atoms with van der Waals surface area (Å²) in [7, 11) is 0. The Morgan fingerprint density at radius 1 is 1.07 bits per heavy atom. The van der Waals surface area contributed by atoms with E-state index >= 15 is 0 Å². The van der Waals surface area contributed by atoms with E-state index in [1.807, 2.05) is 16.3 Å². The van der Waals surface area contributed by atoms with Crippen LogP contribution in [0.5, 0.6) is 0 Å². The summed E-state index contributed by atoms with van der Waals surface area (Å²) < 4.78 is 4.90. The molecule has 1 saturated heterocycles. The fourth-order valence-corrected chi connectivity index (χ4v) is 4.80. The Morgan fingerprint density at radius 3 is 2.33 bits per heavy atom. The van der Waals surface area contributed by atoms with Gasteiger partial charge in [-0.1, -0.05) is 45.0 Å². The largest absolute Gasteiger partial charge is 0.346 e. The molecule has 0 aliphatic carbocycles. The van der Waals surface area contributed by atoms with Crippen molar-refractivity contribution in [2.45, 2.75) is 46.3 Å². The van der Waals surface area contributed by atoms with Crippen LogP contribution in [0, 0.1) is 4.77 Å². The summed E-state index contributed by atoms with van der Waals surface area (Å²) in [4.78, 5) is 9.20. The number of rotatable bonds is 5. The van der Waals surface area contributed by atoms with Crippen LogP contribution in [0.3, 0.4) is 0 Å². The first-order valence-corrected chi connectivity index (χ1v) is 11.8. The number of aromatic nitrogens is 4. The molecule has 0 saturated carbocycles. The molecule has 1 aliphatic heterocycles. The molecule has 0 N–H and O–H groups in total. The second-order valence-corrected chi connectivity index (χ2v) is 9.98. The van der Waals surface area contributed by atoms with Crippen LogP contribution >= 0.6 is 23.6 Å². The van der Waals surface area contributed by atoms with Gasteiger partial charge in [0.2, 0.25) is 0 Å². The fourth-order valence-electron chi connectivity index (χ4n) is 3.79. The van der Waals surface area contributed by atoms with Crippen molar-refractivity contribution < 1.29 is 0 Å². The van der Waals surface area contributed by atoms with Crippen LogP contribution in [-0.4, -0.2) is 50.4 Å². The molecule has 4 rings (SSSR count). The van der Waals surface area contributed by atoms with Gasteiger partial charge >= 0.3 is 0 Å². The lowest BCUT2D eigenvalue weighted by molar-refractivity contribution is 0.194. The zero-order valence-corrected chi connectivity index (χ0v) is 19.8. The van der Waals surface area contributed by atoms with Crippen molar-refractivity contribution in [3.05, 3.63) is 46.2 Å². The number of benzene rings is 1. The predicted molar refractivity (Wildman–Crippen MR) is 127 cm³/mol. The van der Waals surface area contributed by atoms with Crippen molar-refractivity contribution in [2.75, 3.05) is 31.1 Å². The third kappa shape index (κ3) is 4.36. The van der Waals surface area contributed by atoms with Crippen LogP contribution < -0.4 is 4.90 Å². The maximum Gasteiger partial charge on any atom is 0.199 e. The monoisotopic (exact) mass is 442 g/mol. The second kappa shape index (κ2) is 8.61. The first kappa shape index (κ1) is 21.2. The minimum absolute atomic E-state index is 0.141. The topological polar surface area (TPSA) is 42.1 Å². The van der Waals surface area contributed by atoms with Crippen molar-refractivity contribution in [2.24, 2.45) is 0 Å².